The van der Waals surface area contributed by atoms with Gasteiger partial charge in [0.2, 0.25) is 0 Å². The lowest BCUT2D eigenvalue weighted by molar-refractivity contribution is 0.451. The first-order valence-electron chi connectivity index (χ1n) is 5.45. The third-order valence-corrected chi connectivity index (χ3v) is 2.70. The molecule has 0 saturated carbocycles. The number of hydrogen-bond acceptors (Lipinski definition) is 3. The van der Waals surface area contributed by atoms with Gasteiger partial charge in [-0.1, -0.05) is 13.0 Å². The van der Waals surface area contributed by atoms with Gasteiger partial charge in [-0.15, -0.1) is 0 Å². The molecule has 3 N–H and O–H groups in total. The normalized spacial score (nSPS) is 10.4. The van der Waals surface area contributed by atoms with E-state index in [9.17, 15) is 15.3 Å². The van der Waals surface area contributed by atoms with E-state index < -0.39 is 0 Å². The van der Waals surface area contributed by atoms with Gasteiger partial charge in [0.1, 0.15) is 17.2 Å². The average molecular weight is 230 g/mol. The Bertz CT molecular complexity index is 527. The second-order valence-electron chi connectivity index (χ2n) is 3.94. The predicted molar refractivity (Wildman–Crippen MR) is 66.3 cm³/mol. The molecule has 2 aromatic carbocycles. The van der Waals surface area contributed by atoms with E-state index in [-0.39, 0.29) is 17.2 Å². The molecule has 0 amide bonds. The van der Waals surface area contributed by atoms with Gasteiger partial charge in [0.15, 0.2) is 0 Å². The van der Waals surface area contributed by atoms with E-state index in [2.05, 4.69) is 0 Å². The maximum Gasteiger partial charge on any atom is 0.119 e. The Morgan fingerprint density at radius 2 is 1.47 bits per heavy atom. The second kappa shape index (κ2) is 4.37. The van der Waals surface area contributed by atoms with Gasteiger partial charge in [0, 0.05) is 6.07 Å². The maximum atomic E-state index is 9.59. The van der Waals surface area contributed by atoms with Crippen LogP contribution >= 0.6 is 0 Å². The monoisotopic (exact) mass is 230 g/mol. The number of benzene rings is 2. The van der Waals surface area contributed by atoms with E-state index in [1.807, 2.05) is 13.0 Å². The van der Waals surface area contributed by atoms with Crippen molar-refractivity contribution in [2.45, 2.75) is 13.3 Å². The van der Waals surface area contributed by atoms with E-state index in [4.69, 9.17) is 0 Å². The lowest BCUT2D eigenvalue weighted by Gasteiger charge is -2.07. The number of phenolic OH excluding ortho intramolecular Hbond substituents is 3. The van der Waals surface area contributed by atoms with Crippen LogP contribution in [0, 0.1) is 0 Å². The molecule has 2 rings (SSSR count). The Morgan fingerprint density at radius 1 is 0.824 bits per heavy atom. The summed E-state index contributed by atoms with van der Waals surface area (Å²) in [4.78, 5) is 0. The largest absolute Gasteiger partial charge is 0.508 e. The second-order valence-corrected chi connectivity index (χ2v) is 3.94. The van der Waals surface area contributed by atoms with Crippen molar-refractivity contribution in [2.75, 3.05) is 0 Å². The molecule has 0 fully saturated rings. The van der Waals surface area contributed by atoms with Crippen LogP contribution in [0.1, 0.15) is 12.5 Å². The molecule has 17 heavy (non-hydrogen) atoms. The molecule has 2 aromatic rings. The molecule has 0 heterocycles. The smallest absolute Gasteiger partial charge is 0.119 e. The summed E-state index contributed by atoms with van der Waals surface area (Å²) in [7, 11) is 0. The molecular weight excluding hydrogens is 216 g/mol. The SMILES string of the molecule is CCc1cc(-c2cc(O)cc(O)c2)ccc1O. The van der Waals surface area contributed by atoms with Crippen LogP contribution < -0.4 is 0 Å². The lowest BCUT2D eigenvalue weighted by Crippen LogP contribution is -1.84. The van der Waals surface area contributed by atoms with E-state index >= 15 is 0 Å². The highest BCUT2D eigenvalue weighted by Crippen LogP contribution is 2.31. The molecule has 3 nitrogen and oxygen atoms in total. The van der Waals surface area contributed by atoms with Gasteiger partial charge in [-0.2, -0.15) is 0 Å². The van der Waals surface area contributed by atoms with Crippen LogP contribution in [0.3, 0.4) is 0 Å². The van der Waals surface area contributed by atoms with Crippen LogP contribution in [0.5, 0.6) is 17.2 Å². The molecule has 3 heteroatoms. The van der Waals surface area contributed by atoms with E-state index in [1.54, 1.807) is 24.3 Å². The molecule has 0 aliphatic carbocycles. The van der Waals surface area contributed by atoms with Crippen LogP contribution in [0.4, 0.5) is 0 Å². The maximum absolute atomic E-state index is 9.59. The van der Waals surface area contributed by atoms with Crippen LogP contribution in [0.25, 0.3) is 11.1 Å². The summed E-state index contributed by atoms with van der Waals surface area (Å²) in [5, 5.41) is 28.4. The third-order valence-electron chi connectivity index (χ3n) is 2.70. The minimum Gasteiger partial charge on any atom is -0.508 e. The zero-order valence-corrected chi connectivity index (χ0v) is 9.51. The summed E-state index contributed by atoms with van der Waals surface area (Å²) in [5.41, 5.74) is 2.41. The van der Waals surface area contributed by atoms with Crippen molar-refractivity contribution in [1.82, 2.24) is 0 Å². The lowest BCUT2D eigenvalue weighted by atomic mass is 10.0. The van der Waals surface area contributed by atoms with Gasteiger partial charge in [0.05, 0.1) is 0 Å². The van der Waals surface area contributed by atoms with Gasteiger partial charge < -0.3 is 15.3 Å². The van der Waals surface area contributed by atoms with Crippen molar-refractivity contribution in [3.05, 3.63) is 42.0 Å². The molecule has 0 bridgehead atoms. The number of phenols is 3. The summed E-state index contributed by atoms with van der Waals surface area (Å²) in [6.45, 7) is 1.96. The highest BCUT2D eigenvalue weighted by molar-refractivity contribution is 5.68. The van der Waals surface area contributed by atoms with Crippen molar-refractivity contribution < 1.29 is 15.3 Å². The van der Waals surface area contributed by atoms with E-state index in [0.29, 0.717) is 0 Å². The zero-order chi connectivity index (χ0) is 12.4. The number of aryl methyl sites for hydroxylation is 1. The summed E-state index contributed by atoms with van der Waals surface area (Å²) in [6.07, 6.45) is 0.727. The molecule has 0 unspecified atom stereocenters. The number of aromatic hydroxyl groups is 3. The molecule has 88 valence electrons. The Hall–Kier alpha value is -2.16. The Kier molecular flexibility index (Phi) is 2.91. The summed E-state index contributed by atoms with van der Waals surface area (Å²) in [5.74, 6) is 0.304. The van der Waals surface area contributed by atoms with Crippen molar-refractivity contribution >= 4 is 0 Å². The van der Waals surface area contributed by atoms with Crippen LogP contribution in [-0.2, 0) is 6.42 Å². The quantitative estimate of drug-likeness (QED) is 0.743. The van der Waals surface area contributed by atoms with Crippen molar-refractivity contribution in [2.24, 2.45) is 0 Å². The first-order chi connectivity index (χ1) is 8.10. The van der Waals surface area contributed by atoms with Gasteiger partial charge in [-0.3, -0.25) is 0 Å². The van der Waals surface area contributed by atoms with E-state index in [1.165, 1.54) is 6.07 Å². The van der Waals surface area contributed by atoms with Crippen molar-refractivity contribution in [1.29, 1.82) is 0 Å². The Balaban J connectivity index is 2.52. The third kappa shape index (κ3) is 2.33. The van der Waals surface area contributed by atoms with Gasteiger partial charge in [-0.25, -0.2) is 0 Å². The van der Waals surface area contributed by atoms with Crippen LogP contribution in [0.2, 0.25) is 0 Å². The van der Waals surface area contributed by atoms with Crippen molar-refractivity contribution in [3.63, 3.8) is 0 Å². The molecule has 0 aliphatic rings. The molecule has 0 radical (unpaired) electrons. The van der Waals surface area contributed by atoms with Gasteiger partial charge in [0.25, 0.3) is 0 Å². The molecule has 0 saturated heterocycles. The molecule has 0 aliphatic heterocycles. The molecule has 0 spiro atoms. The fourth-order valence-electron chi connectivity index (χ4n) is 1.81. The minimum absolute atomic E-state index is 0.0196. The Labute approximate surface area is 99.6 Å². The Morgan fingerprint density at radius 3 is 2.06 bits per heavy atom. The molecule has 0 aromatic heterocycles. The fraction of sp³-hybridized carbons (Fsp3) is 0.143. The topological polar surface area (TPSA) is 60.7 Å². The first kappa shape index (κ1) is 11.3. The van der Waals surface area contributed by atoms with Crippen LogP contribution in [0.15, 0.2) is 36.4 Å². The van der Waals surface area contributed by atoms with Gasteiger partial charge >= 0.3 is 0 Å². The highest BCUT2D eigenvalue weighted by atomic mass is 16.3. The molecular formula is C14H14O3. The fourth-order valence-corrected chi connectivity index (χ4v) is 1.81. The first-order valence-corrected chi connectivity index (χ1v) is 5.45. The summed E-state index contributed by atoms with van der Waals surface area (Å²) < 4.78 is 0. The number of rotatable bonds is 2. The standard InChI is InChI=1S/C14H14O3/c1-2-9-5-10(3-4-14(9)17)11-6-12(15)8-13(16)7-11/h3-8,15-17H,2H2,1H3. The highest BCUT2D eigenvalue weighted by Gasteiger charge is 2.05. The van der Waals surface area contributed by atoms with Gasteiger partial charge in [-0.05, 0) is 47.4 Å². The van der Waals surface area contributed by atoms with E-state index in [0.717, 1.165) is 23.1 Å². The minimum atomic E-state index is 0.0196. The average Bonchev–Trinajstić information content (AvgIpc) is 2.28. The molecule has 0 atom stereocenters. The number of hydrogen-bond donors (Lipinski definition) is 3. The van der Waals surface area contributed by atoms with Crippen LogP contribution in [-0.4, -0.2) is 15.3 Å². The predicted octanol–water partition coefficient (Wildman–Crippen LogP) is 3.03. The summed E-state index contributed by atoms with van der Waals surface area (Å²) in [6, 6.07) is 9.66. The zero-order valence-electron chi connectivity index (χ0n) is 9.51. The summed E-state index contributed by atoms with van der Waals surface area (Å²) >= 11 is 0. The van der Waals surface area contributed by atoms with Crippen molar-refractivity contribution in [3.8, 4) is 28.4 Å².